The number of amides is 1. The maximum absolute atomic E-state index is 12.2. The molecule has 0 aliphatic carbocycles. The van der Waals surface area contributed by atoms with E-state index >= 15 is 0 Å². The quantitative estimate of drug-likeness (QED) is 0.442. The Morgan fingerprint density at radius 1 is 1.00 bits per heavy atom. The van der Waals surface area contributed by atoms with Crippen LogP contribution >= 0.6 is 0 Å². The summed E-state index contributed by atoms with van der Waals surface area (Å²) in [5, 5.41) is 8.86. The highest BCUT2D eigenvalue weighted by Gasteiger charge is 2.16. The van der Waals surface area contributed by atoms with Gasteiger partial charge in [0.1, 0.15) is 0 Å². The fraction of sp³-hybridized carbons (Fsp3) is 0.273. The first-order valence-electron chi connectivity index (χ1n) is 9.34. The number of hydrogen-bond acceptors (Lipinski definition) is 4. The van der Waals surface area contributed by atoms with Gasteiger partial charge in [-0.25, -0.2) is 5.43 Å². The summed E-state index contributed by atoms with van der Waals surface area (Å²) in [6.45, 7) is 4.22. The van der Waals surface area contributed by atoms with Gasteiger partial charge in [0.15, 0.2) is 0 Å². The molecular weight excluding hydrogens is 336 g/mol. The van der Waals surface area contributed by atoms with Crippen molar-refractivity contribution < 1.29 is 4.79 Å². The lowest BCUT2D eigenvalue weighted by atomic mass is 9.97. The van der Waals surface area contributed by atoms with E-state index < -0.39 is 0 Å². The molecule has 1 aliphatic heterocycles. The van der Waals surface area contributed by atoms with Crippen LogP contribution in [0.25, 0.3) is 21.5 Å². The van der Waals surface area contributed by atoms with Crippen molar-refractivity contribution in [3.05, 3.63) is 60.2 Å². The first-order valence-corrected chi connectivity index (χ1v) is 9.34. The number of benzene rings is 3. The Morgan fingerprint density at radius 2 is 1.59 bits per heavy atom. The van der Waals surface area contributed by atoms with Gasteiger partial charge in [-0.3, -0.25) is 9.69 Å². The number of rotatable bonds is 4. The van der Waals surface area contributed by atoms with Gasteiger partial charge in [-0.1, -0.05) is 48.5 Å². The summed E-state index contributed by atoms with van der Waals surface area (Å²) in [6, 6.07) is 18.7. The topological polar surface area (TPSA) is 47.9 Å². The molecule has 0 bridgehead atoms. The van der Waals surface area contributed by atoms with Crippen molar-refractivity contribution >= 4 is 33.7 Å². The Bertz CT molecular complexity index is 936. The smallest absolute Gasteiger partial charge is 0.254 e. The Kier molecular flexibility index (Phi) is 5.14. The molecule has 0 atom stereocenters. The zero-order valence-electron chi connectivity index (χ0n) is 15.6. The molecule has 1 aliphatic rings. The molecular formula is C22H24N4O. The number of hydrogen-bond donors (Lipinski definition) is 1. The van der Waals surface area contributed by atoms with Crippen molar-refractivity contribution in [2.75, 3.05) is 39.8 Å². The molecule has 0 radical (unpaired) electrons. The van der Waals surface area contributed by atoms with Crippen LogP contribution in [0, 0.1) is 0 Å². The summed E-state index contributed by atoms with van der Waals surface area (Å²) in [7, 11) is 2.11. The number of likely N-dealkylation sites (N-methyl/N-ethyl adjacent to an activating group) is 1. The van der Waals surface area contributed by atoms with Gasteiger partial charge in [-0.2, -0.15) is 5.10 Å². The third-order valence-corrected chi connectivity index (χ3v) is 5.16. The number of carbonyl (C=O) groups excluding carboxylic acids is 1. The summed E-state index contributed by atoms with van der Waals surface area (Å²) in [5.74, 6) is -0.0691. The van der Waals surface area contributed by atoms with Gasteiger partial charge in [0.2, 0.25) is 0 Å². The molecule has 1 amide bonds. The molecule has 0 spiro atoms. The Labute approximate surface area is 159 Å². The maximum atomic E-state index is 12.2. The molecule has 27 heavy (non-hydrogen) atoms. The van der Waals surface area contributed by atoms with E-state index in [-0.39, 0.29) is 5.91 Å². The Morgan fingerprint density at radius 3 is 2.22 bits per heavy atom. The van der Waals surface area contributed by atoms with E-state index in [2.05, 4.69) is 57.7 Å². The van der Waals surface area contributed by atoms with E-state index in [1.54, 1.807) is 6.21 Å². The number of carbonyl (C=O) groups is 1. The number of fused-ring (bicyclic) bond motifs is 2. The standard InChI is InChI=1S/C22H24N4O/c1-25-10-12-26(13-11-25)16-22(27)24-23-15-21-19-8-4-2-6-17(19)14-18-7-3-5-9-20(18)21/h2-9,14-15H,10-13,16H2,1H3,(H,24,27)/b23-15+. The van der Waals surface area contributed by atoms with E-state index in [0.717, 1.165) is 42.5 Å². The van der Waals surface area contributed by atoms with Crippen molar-refractivity contribution in [1.82, 2.24) is 15.2 Å². The van der Waals surface area contributed by atoms with Crippen molar-refractivity contribution in [1.29, 1.82) is 0 Å². The lowest BCUT2D eigenvalue weighted by molar-refractivity contribution is -0.122. The number of nitrogens with one attached hydrogen (secondary N) is 1. The average Bonchev–Trinajstić information content (AvgIpc) is 2.69. The van der Waals surface area contributed by atoms with Gasteiger partial charge in [0.25, 0.3) is 5.91 Å². The molecule has 1 saturated heterocycles. The van der Waals surface area contributed by atoms with E-state index in [1.165, 1.54) is 10.8 Å². The highest BCUT2D eigenvalue weighted by Crippen LogP contribution is 2.27. The third-order valence-electron chi connectivity index (χ3n) is 5.16. The van der Waals surface area contributed by atoms with Crippen molar-refractivity contribution in [2.24, 2.45) is 5.10 Å². The van der Waals surface area contributed by atoms with Gasteiger partial charge in [0, 0.05) is 31.7 Å². The highest BCUT2D eigenvalue weighted by atomic mass is 16.2. The van der Waals surface area contributed by atoms with Crippen LogP contribution in [0.2, 0.25) is 0 Å². The van der Waals surface area contributed by atoms with Crippen LogP contribution in [0.4, 0.5) is 0 Å². The predicted molar refractivity (Wildman–Crippen MR) is 111 cm³/mol. The predicted octanol–water partition coefficient (Wildman–Crippen LogP) is 2.69. The molecule has 0 unspecified atom stereocenters. The van der Waals surface area contributed by atoms with Crippen LogP contribution in [-0.4, -0.2) is 61.7 Å². The Hall–Kier alpha value is -2.76. The lowest BCUT2D eigenvalue weighted by Gasteiger charge is -2.31. The fourth-order valence-electron chi connectivity index (χ4n) is 3.60. The van der Waals surface area contributed by atoms with Crippen molar-refractivity contribution in [3.63, 3.8) is 0 Å². The molecule has 1 N–H and O–H groups in total. The van der Waals surface area contributed by atoms with E-state index in [9.17, 15) is 4.79 Å². The lowest BCUT2D eigenvalue weighted by Crippen LogP contribution is -2.47. The largest absolute Gasteiger partial charge is 0.304 e. The van der Waals surface area contributed by atoms with E-state index in [1.807, 2.05) is 24.3 Å². The summed E-state index contributed by atoms with van der Waals surface area (Å²) < 4.78 is 0. The first kappa shape index (κ1) is 17.6. The molecule has 0 aromatic heterocycles. The monoisotopic (exact) mass is 360 g/mol. The SMILES string of the molecule is CN1CCN(CC(=O)N/N=C/c2c3ccccc3cc3ccccc23)CC1. The number of nitrogens with zero attached hydrogens (tertiary/aromatic N) is 3. The molecule has 0 saturated carbocycles. The van der Waals surface area contributed by atoms with Crippen LogP contribution in [0.15, 0.2) is 59.7 Å². The minimum absolute atomic E-state index is 0.0691. The first-order chi connectivity index (χ1) is 13.2. The third kappa shape index (κ3) is 3.99. The summed E-state index contributed by atoms with van der Waals surface area (Å²) in [4.78, 5) is 16.7. The average molecular weight is 360 g/mol. The molecule has 138 valence electrons. The van der Waals surface area contributed by atoms with Crippen LogP contribution in [0.5, 0.6) is 0 Å². The summed E-state index contributed by atoms with van der Waals surface area (Å²) in [5.41, 5.74) is 3.73. The van der Waals surface area contributed by atoms with E-state index in [0.29, 0.717) is 6.54 Å². The Balaban J connectivity index is 1.52. The molecule has 1 fully saturated rings. The molecule has 3 aromatic rings. The normalized spacial score (nSPS) is 16.3. The second-order valence-corrected chi connectivity index (χ2v) is 7.11. The van der Waals surface area contributed by atoms with Crippen LogP contribution in [0.1, 0.15) is 5.56 Å². The minimum Gasteiger partial charge on any atom is -0.304 e. The van der Waals surface area contributed by atoms with Gasteiger partial charge < -0.3 is 4.90 Å². The number of piperazine rings is 1. The van der Waals surface area contributed by atoms with Crippen LogP contribution < -0.4 is 5.43 Å². The summed E-state index contributed by atoms with van der Waals surface area (Å²) in [6.07, 6.45) is 1.77. The zero-order chi connectivity index (χ0) is 18.6. The molecule has 1 heterocycles. The number of hydrazone groups is 1. The summed E-state index contributed by atoms with van der Waals surface area (Å²) >= 11 is 0. The van der Waals surface area contributed by atoms with Crippen LogP contribution in [0.3, 0.4) is 0 Å². The molecule has 5 nitrogen and oxygen atoms in total. The minimum atomic E-state index is -0.0691. The molecule has 3 aromatic carbocycles. The van der Waals surface area contributed by atoms with E-state index in [4.69, 9.17) is 0 Å². The van der Waals surface area contributed by atoms with Crippen molar-refractivity contribution in [3.8, 4) is 0 Å². The van der Waals surface area contributed by atoms with Gasteiger partial charge in [-0.05, 0) is 34.7 Å². The van der Waals surface area contributed by atoms with Crippen LogP contribution in [-0.2, 0) is 4.79 Å². The van der Waals surface area contributed by atoms with Gasteiger partial charge in [-0.15, -0.1) is 0 Å². The van der Waals surface area contributed by atoms with Gasteiger partial charge in [0.05, 0.1) is 12.8 Å². The molecule has 5 heteroatoms. The highest BCUT2D eigenvalue weighted by molar-refractivity contribution is 6.13. The second kappa shape index (κ2) is 7.86. The zero-order valence-corrected chi connectivity index (χ0v) is 15.6. The van der Waals surface area contributed by atoms with Gasteiger partial charge >= 0.3 is 0 Å². The fourth-order valence-corrected chi connectivity index (χ4v) is 3.60. The second-order valence-electron chi connectivity index (χ2n) is 7.11. The molecule has 4 rings (SSSR count). The maximum Gasteiger partial charge on any atom is 0.254 e. The van der Waals surface area contributed by atoms with Crippen molar-refractivity contribution in [2.45, 2.75) is 0 Å².